The number of nitrogens with one attached hydrogen (secondary N) is 1. The van der Waals surface area contributed by atoms with Crippen molar-refractivity contribution in [2.75, 3.05) is 24.3 Å². The standard InChI is InChI=1S/C21H28N6O8/c1-11(2)7-25(16-17(22)26(8-12(3)4)21(32)23-18(16)29)15(28)10-24-9-13(20(31)35-5)6-14(19(24)30)27(33)34/h6,9,11-12H,7-8,10,22H2,1-5H3,(H,23,29,32). The molecule has 0 bridgehead atoms. The molecule has 0 saturated carbocycles. The first kappa shape index (κ1) is 27.0. The SMILES string of the molecule is COC(=O)c1cc([N+](=O)[O-])c(=O)n(CC(=O)N(CC(C)C)c2c(N)n(CC(C)C)c(=O)[nH]c2=O)c1. The molecule has 0 spiro atoms. The number of nitrogens with zero attached hydrogens (tertiary/aromatic N) is 4. The number of aromatic amines is 1. The zero-order valence-corrected chi connectivity index (χ0v) is 20.1. The van der Waals surface area contributed by atoms with E-state index in [9.17, 15) is 34.1 Å². The van der Waals surface area contributed by atoms with Crippen LogP contribution >= 0.6 is 0 Å². The number of methoxy groups -OCH3 is 1. The van der Waals surface area contributed by atoms with Crippen LogP contribution in [0.25, 0.3) is 0 Å². The van der Waals surface area contributed by atoms with Crippen molar-refractivity contribution in [3.05, 3.63) is 59.1 Å². The molecule has 3 N–H and O–H groups in total. The Hall–Kier alpha value is -4.23. The van der Waals surface area contributed by atoms with E-state index >= 15 is 0 Å². The van der Waals surface area contributed by atoms with Crippen LogP contribution in [-0.2, 0) is 22.6 Å². The van der Waals surface area contributed by atoms with E-state index in [1.807, 2.05) is 13.8 Å². The van der Waals surface area contributed by atoms with Crippen LogP contribution in [0.4, 0.5) is 17.2 Å². The molecule has 0 aromatic carbocycles. The Bertz CT molecular complexity index is 1320. The molecular weight excluding hydrogens is 464 g/mol. The molecule has 1 amide bonds. The Morgan fingerprint density at radius 2 is 1.83 bits per heavy atom. The molecule has 0 unspecified atom stereocenters. The van der Waals surface area contributed by atoms with E-state index in [2.05, 4.69) is 9.72 Å². The van der Waals surface area contributed by atoms with Crippen molar-refractivity contribution in [3.8, 4) is 0 Å². The van der Waals surface area contributed by atoms with Gasteiger partial charge < -0.3 is 15.4 Å². The van der Waals surface area contributed by atoms with Crippen molar-refractivity contribution < 1.29 is 19.2 Å². The average Bonchev–Trinajstić information content (AvgIpc) is 2.75. The number of hydrogen-bond acceptors (Lipinski definition) is 9. The molecule has 0 atom stereocenters. The molecular formula is C21H28N6O8. The van der Waals surface area contributed by atoms with Crippen molar-refractivity contribution in [1.82, 2.24) is 14.1 Å². The number of nitro groups is 1. The highest BCUT2D eigenvalue weighted by molar-refractivity contribution is 5.95. The van der Waals surface area contributed by atoms with E-state index in [-0.39, 0.29) is 42.0 Å². The van der Waals surface area contributed by atoms with E-state index in [1.54, 1.807) is 13.8 Å². The van der Waals surface area contributed by atoms with E-state index in [0.717, 1.165) is 28.8 Å². The van der Waals surface area contributed by atoms with Gasteiger partial charge in [0.25, 0.3) is 5.56 Å². The van der Waals surface area contributed by atoms with Gasteiger partial charge in [-0.2, -0.15) is 0 Å². The smallest absolute Gasteiger partial charge is 0.339 e. The van der Waals surface area contributed by atoms with Gasteiger partial charge in [0.2, 0.25) is 5.91 Å². The van der Waals surface area contributed by atoms with Crippen molar-refractivity contribution in [3.63, 3.8) is 0 Å². The van der Waals surface area contributed by atoms with Crippen LogP contribution in [-0.4, -0.2) is 44.6 Å². The van der Waals surface area contributed by atoms with Gasteiger partial charge >= 0.3 is 22.9 Å². The highest BCUT2D eigenvalue weighted by Crippen LogP contribution is 2.20. The van der Waals surface area contributed by atoms with Crippen LogP contribution in [0.5, 0.6) is 0 Å². The lowest BCUT2D eigenvalue weighted by molar-refractivity contribution is -0.386. The molecule has 0 fully saturated rings. The first-order valence-corrected chi connectivity index (χ1v) is 10.7. The highest BCUT2D eigenvalue weighted by Gasteiger charge is 2.27. The van der Waals surface area contributed by atoms with Gasteiger partial charge in [-0.3, -0.25) is 38.6 Å². The Morgan fingerprint density at radius 1 is 1.20 bits per heavy atom. The number of hydrogen-bond donors (Lipinski definition) is 2. The van der Waals surface area contributed by atoms with Gasteiger partial charge in [-0.15, -0.1) is 0 Å². The summed E-state index contributed by atoms with van der Waals surface area (Å²) in [6.45, 7) is 6.61. The number of esters is 1. The van der Waals surface area contributed by atoms with Crippen molar-refractivity contribution in [1.29, 1.82) is 0 Å². The average molecular weight is 492 g/mol. The van der Waals surface area contributed by atoms with Gasteiger partial charge in [0.1, 0.15) is 12.4 Å². The van der Waals surface area contributed by atoms with Gasteiger partial charge in [0, 0.05) is 25.4 Å². The maximum Gasteiger partial charge on any atom is 0.339 e. The lowest BCUT2D eigenvalue weighted by Crippen LogP contribution is -2.45. The topological polar surface area (TPSA) is 193 Å². The van der Waals surface area contributed by atoms with E-state index in [0.29, 0.717) is 4.57 Å². The molecule has 2 heterocycles. The number of carbonyl (C=O) groups excluding carboxylic acids is 2. The van der Waals surface area contributed by atoms with E-state index < -0.39 is 45.8 Å². The molecule has 2 aromatic rings. The number of rotatable bonds is 9. The Balaban J connectivity index is 2.66. The second kappa shape index (κ2) is 10.8. The third-order valence-electron chi connectivity index (χ3n) is 4.87. The molecule has 14 heteroatoms. The monoisotopic (exact) mass is 492 g/mol. The highest BCUT2D eigenvalue weighted by atomic mass is 16.6. The molecule has 0 saturated heterocycles. The minimum atomic E-state index is -1.13. The third kappa shape index (κ3) is 6.02. The van der Waals surface area contributed by atoms with Crippen LogP contribution in [0.15, 0.2) is 26.6 Å². The molecule has 35 heavy (non-hydrogen) atoms. The number of amides is 1. The van der Waals surface area contributed by atoms with Crippen LogP contribution in [0.3, 0.4) is 0 Å². The number of aromatic nitrogens is 3. The summed E-state index contributed by atoms with van der Waals surface area (Å²) >= 11 is 0. The molecule has 14 nitrogen and oxygen atoms in total. The number of pyridine rings is 1. The first-order chi connectivity index (χ1) is 16.3. The summed E-state index contributed by atoms with van der Waals surface area (Å²) in [6, 6.07) is 0.755. The van der Waals surface area contributed by atoms with Gasteiger partial charge in [0.05, 0.1) is 17.6 Å². The fourth-order valence-corrected chi connectivity index (χ4v) is 3.40. The third-order valence-corrected chi connectivity index (χ3v) is 4.87. The summed E-state index contributed by atoms with van der Waals surface area (Å²) in [5.41, 5.74) is 1.85. The summed E-state index contributed by atoms with van der Waals surface area (Å²) in [6.07, 6.45) is 0.958. The van der Waals surface area contributed by atoms with E-state index in [1.165, 1.54) is 0 Å². The maximum absolute atomic E-state index is 13.3. The van der Waals surface area contributed by atoms with Crippen molar-refractivity contribution in [2.45, 2.75) is 40.8 Å². The predicted molar refractivity (Wildman–Crippen MR) is 126 cm³/mol. The maximum atomic E-state index is 13.3. The van der Waals surface area contributed by atoms with Gasteiger partial charge in [-0.05, 0) is 11.8 Å². The van der Waals surface area contributed by atoms with Crippen molar-refractivity contribution >= 4 is 29.1 Å². The minimum absolute atomic E-state index is 0.0109. The fraction of sp³-hybridized carbons (Fsp3) is 0.476. The minimum Gasteiger partial charge on any atom is -0.465 e. The number of H-pyrrole nitrogens is 1. The van der Waals surface area contributed by atoms with Gasteiger partial charge in [-0.25, -0.2) is 9.59 Å². The van der Waals surface area contributed by atoms with Crippen LogP contribution < -0.4 is 27.4 Å². The number of anilines is 2. The lowest BCUT2D eigenvalue weighted by atomic mass is 10.2. The zero-order valence-electron chi connectivity index (χ0n) is 20.1. The number of ether oxygens (including phenoxy) is 1. The zero-order chi connectivity index (χ0) is 26.6. The summed E-state index contributed by atoms with van der Waals surface area (Å²) in [5.74, 6) is -2.18. The number of nitrogen functional groups attached to an aromatic ring is 1. The first-order valence-electron chi connectivity index (χ1n) is 10.7. The quantitative estimate of drug-likeness (QED) is 0.282. The largest absolute Gasteiger partial charge is 0.465 e. The Morgan fingerprint density at radius 3 is 2.34 bits per heavy atom. The second-order valence-electron chi connectivity index (χ2n) is 8.69. The van der Waals surface area contributed by atoms with Gasteiger partial charge in [-0.1, -0.05) is 27.7 Å². The molecule has 0 radical (unpaired) electrons. The summed E-state index contributed by atoms with van der Waals surface area (Å²) in [4.78, 5) is 76.4. The molecule has 2 rings (SSSR count). The van der Waals surface area contributed by atoms with E-state index in [4.69, 9.17) is 5.73 Å². The predicted octanol–water partition coefficient (Wildman–Crippen LogP) is 0.321. The molecule has 2 aromatic heterocycles. The van der Waals surface area contributed by atoms with Gasteiger partial charge in [0.15, 0.2) is 5.69 Å². The van der Waals surface area contributed by atoms with Crippen LogP contribution in [0.2, 0.25) is 0 Å². The Kier molecular flexibility index (Phi) is 8.34. The molecule has 0 aliphatic rings. The normalized spacial score (nSPS) is 11.1. The molecule has 190 valence electrons. The molecule has 0 aliphatic heterocycles. The summed E-state index contributed by atoms with van der Waals surface area (Å²) < 4.78 is 6.39. The van der Waals surface area contributed by atoms with Crippen LogP contribution in [0.1, 0.15) is 38.1 Å². The second-order valence-corrected chi connectivity index (χ2v) is 8.69. The molecule has 0 aliphatic carbocycles. The summed E-state index contributed by atoms with van der Waals surface area (Å²) in [5, 5.41) is 11.3. The fourth-order valence-electron chi connectivity index (χ4n) is 3.40. The van der Waals surface area contributed by atoms with Crippen LogP contribution in [0, 0.1) is 22.0 Å². The number of carbonyl (C=O) groups is 2. The summed E-state index contributed by atoms with van der Waals surface area (Å²) in [7, 11) is 1.06. The Labute approximate surface area is 199 Å². The van der Waals surface area contributed by atoms with Crippen molar-refractivity contribution in [2.24, 2.45) is 11.8 Å². The number of nitrogens with two attached hydrogens (primary N) is 1. The lowest BCUT2D eigenvalue weighted by Gasteiger charge is -2.26.